The quantitative estimate of drug-likeness (QED) is 0.478. The number of carbonyl (C=O) groups excluding carboxylic acids is 2. The van der Waals surface area contributed by atoms with Gasteiger partial charge in [-0.2, -0.15) is 0 Å². The van der Waals surface area contributed by atoms with Gasteiger partial charge in [0.25, 0.3) is 0 Å². The van der Waals surface area contributed by atoms with E-state index < -0.39 is 11.9 Å². The Kier molecular flexibility index (Phi) is 7.86. The summed E-state index contributed by atoms with van der Waals surface area (Å²) in [6.07, 6.45) is 0.899. The fourth-order valence-electron chi connectivity index (χ4n) is 3.39. The predicted molar refractivity (Wildman–Crippen MR) is 110 cm³/mol. The standard InChI is InChI=1S/C20H29BrN2O5/c1-6-16-12-23(18-8-7-15(21)11-17(18)20(3,4)5)10-9-22(16)13-19(25)27-28-26-14(2)24/h7-8,11,16H,6,9-10,12-13H2,1-5H3. The topological polar surface area (TPSA) is 68.3 Å². The van der Waals surface area contributed by atoms with E-state index in [2.05, 4.69) is 86.4 Å². The van der Waals surface area contributed by atoms with Crippen LogP contribution < -0.4 is 4.90 Å². The Morgan fingerprint density at radius 1 is 1.21 bits per heavy atom. The molecular weight excluding hydrogens is 428 g/mol. The van der Waals surface area contributed by atoms with Crippen LogP contribution in [0, 0.1) is 0 Å². The Hall–Kier alpha value is -1.64. The number of nitrogens with zero attached hydrogens (tertiary/aromatic N) is 2. The van der Waals surface area contributed by atoms with Crippen LogP contribution in [-0.2, 0) is 29.8 Å². The minimum atomic E-state index is -0.683. The van der Waals surface area contributed by atoms with Gasteiger partial charge in [0.1, 0.15) is 6.54 Å². The van der Waals surface area contributed by atoms with E-state index in [1.165, 1.54) is 11.3 Å². The molecule has 0 saturated carbocycles. The zero-order chi connectivity index (χ0) is 20.9. The highest BCUT2D eigenvalue weighted by atomic mass is 79.9. The van der Waals surface area contributed by atoms with Gasteiger partial charge in [-0.1, -0.05) is 43.6 Å². The van der Waals surface area contributed by atoms with Gasteiger partial charge in [-0.05, 0) is 35.6 Å². The Labute approximate surface area is 174 Å². The first-order valence-corrected chi connectivity index (χ1v) is 10.2. The normalized spacial score (nSPS) is 18.1. The smallest absolute Gasteiger partial charge is 0.360 e. The number of hydrogen-bond donors (Lipinski definition) is 0. The Balaban J connectivity index is 2.05. The van der Waals surface area contributed by atoms with Crippen LogP contribution in [0.3, 0.4) is 0 Å². The van der Waals surface area contributed by atoms with E-state index in [-0.39, 0.29) is 18.0 Å². The first-order chi connectivity index (χ1) is 13.1. The monoisotopic (exact) mass is 456 g/mol. The molecule has 0 amide bonds. The maximum Gasteiger partial charge on any atom is 0.360 e. The number of carbonyl (C=O) groups is 2. The number of benzene rings is 1. The van der Waals surface area contributed by atoms with Gasteiger partial charge in [0.15, 0.2) is 0 Å². The largest absolute Gasteiger partial charge is 0.368 e. The maximum absolute atomic E-state index is 11.9. The predicted octanol–water partition coefficient (Wildman–Crippen LogP) is 3.60. The SMILES string of the molecule is CCC1CN(c2ccc(Br)cc2C(C)(C)C)CCN1CC(=O)OOOC(C)=O. The van der Waals surface area contributed by atoms with Crippen molar-refractivity contribution in [2.75, 3.05) is 31.1 Å². The van der Waals surface area contributed by atoms with Crippen LogP contribution in [-0.4, -0.2) is 49.1 Å². The summed E-state index contributed by atoms with van der Waals surface area (Å²) in [7, 11) is 0. The first-order valence-electron chi connectivity index (χ1n) is 9.45. The fraction of sp³-hybridized carbons (Fsp3) is 0.600. The van der Waals surface area contributed by atoms with Crippen LogP contribution in [0.25, 0.3) is 0 Å². The van der Waals surface area contributed by atoms with E-state index in [1.54, 1.807) is 0 Å². The van der Waals surface area contributed by atoms with Crippen molar-refractivity contribution in [1.29, 1.82) is 0 Å². The molecule has 1 unspecified atom stereocenters. The third-order valence-corrected chi connectivity index (χ3v) is 5.29. The fourth-order valence-corrected chi connectivity index (χ4v) is 3.75. The van der Waals surface area contributed by atoms with Gasteiger partial charge in [-0.25, -0.2) is 9.59 Å². The number of piperazine rings is 1. The molecule has 1 aromatic carbocycles. The van der Waals surface area contributed by atoms with E-state index >= 15 is 0 Å². The average Bonchev–Trinajstić information content (AvgIpc) is 2.61. The van der Waals surface area contributed by atoms with Crippen LogP contribution in [0.2, 0.25) is 0 Å². The van der Waals surface area contributed by atoms with Crippen molar-refractivity contribution in [3.8, 4) is 0 Å². The van der Waals surface area contributed by atoms with Crippen LogP contribution in [0.4, 0.5) is 5.69 Å². The second kappa shape index (κ2) is 9.71. The van der Waals surface area contributed by atoms with Crippen molar-refractivity contribution in [3.63, 3.8) is 0 Å². The molecule has 1 aromatic rings. The minimum Gasteiger partial charge on any atom is -0.368 e. The van der Waals surface area contributed by atoms with Gasteiger partial charge < -0.3 is 4.90 Å². The Morgan fingerprint density at radius 3 is 2.54 bits per heavy atom. The van der Waals surface area contributed by atoms with E-state index in [0.717, 1.165) is 37.5 Å². The molecule has 0 radical (unpaired) electrons. The van der Waals surface area contributed by atoms with Gasteiger partial charge in [0.05, 0.1) is 0 Å². The Morgan fingerprint density at radius 2 is 1.93 bits per heavy atom. The number of rotatable bonds is 6. The lowest BCUT2D eigenvalue weighted by Crippen LogP contribution is -2.54. The molecule has 1 saturated heterocycles. The third-order valence-electron chi connectivity index (χ3n) is 4.79. The summed E-state index contributed by atoms with van der Waals surface area (Å²) in [5.74, 6) is -1.27. The molecule has 1 aliphatic heterocycles. The van der Waals surface area contributed by atoms with Crippen LogP contribution in [0.5, 0.6) is 0 Å². The molecule has 28 heavy (non-hydrogen) atoms. The molecule has 2 rings (SSSR count). The maximum atomic E-state index is 11.9. The highest BCUT2D eigenvalue weighted by molar-refractivity contribution is 9.10. The summed E-state index contributed by atoms with van der Waals surface area (Å²) in [5, 5.41) is 4.18. The molecule has 8 heteroatoms. The van der Waals surface area contributed by atoms with Crippen molar-refractivity contribution in [1.82, 2.24) is 4.90 Å². The zero-order valence-electron chi connectivity index (χ0n) is 17.2. The van der Waals surface area contributed by atoms with Crippen molar-refractivity contribution in [3.05, 3.63) is 28.2 Å². The lowest BCUT2D eigenvalue weighted by atomic mass is 9.85. The van der Waals surface area contributed by atoms with Gasteiger partial charge in [0, 0.05) is 47.8 Å². The molecule has 1 heterocycles. The summed E-state index contributed by atoms with van der Waals surface area (Å²) in [4.78, 5) is 35.7. The van der Waals surface area contributed by atoms with Crippen LogP contribution in [0.15, 0.2) is 22.7 Å². The summed E-state index contributed by atoms with van der Waals surface area (Å²) < 4.78 is 1.07. The summed E-state index contributed by atoms with van der Waals surface area (Å²) in [5.41, 5.74) is 2.55. The van der Waals surface area contributed by atoms with E-state index in [0.29, 0.717) is 0 Å². The molecule has 0 aromatic heterocycles. The molecule has 7 nitrogen and oxygen atoms in total. The third kappa shape index (κ3) is 6.18. The molecule has 0 spiro atoms. The van der Waals surface area contributed by atoms with E-state index in [9.17, 15) is 9.59 Å². The van der Waals surface area contributed by atoms with Crippen molar-refractivity contribution >= 4 is 33.6 Å². The first kappa shape index (κ1) is 22.6. The van der Waals surface area contributed by atoms with Crippen molar-refractivity contribution < 1.29 is 24.4 Å². The molecule has 1 atom stereocenters. The summed E-state index contributed by atoms with van der Waals surface area (Å²) in [6, 6.07) is 6.62. The number of hydrogen-bond acceptors (Lipinski definition) is 7. The second-order valence-electron chi connectivity index (χ2n) is 7.99. The number of anilines is 1. The average molecular weight is 457 g/mol. The molecule has 0 aliphatic carbocycles. The van der Waals surface area contributed by atoms with Gasteiger partial charge in [0.2, 0.25) is 0 Å². The molecule has 1 fully saturated rings. The Bertz CT molecular complexity index is 704. The number of halogens is 1. The highest BCUT2D eigenvalue weighted by Gasteiger charge is 2.30. The highest BCUT2D eigenvalue weighted by Crippen LogP contribution is 2.35. The summed E-state index contributed by atoms with van der Waals surface area (Å²) in [6.45, 7) is 12.3. The van der Waals surface area contributed by atoms with Crippen LogP contribution in [0.1, 0.15) is 46.6 Å². The van der Waals surface area contributed by atoms with E-state index in [1.807, 2.05) is 0 Å². The molecular formula is C20H29BrN2O5. The van der Waals surface area contributed by atoms with Gasteiger partial charge >= 0.3 is 11.9 Å². The molecule has 0 N–H and O–H groups in total. The van der Waals surface area contributed by atoms with Gasteiger partial charge in [-0.15, -0.1) is 0 Å². The molecule has 0 bridgehead atoms. The van der Waals surface area contributed by atoms with Crippen LogP contribution >= 0.6 is 15.9 Å². The lowest BCUT2D eigenvalue weighted by molar-refractivity contribution is -0.458. The van der Waals surface area contributed by atoms with Crippen molar-refractivity contribution in [2.24, 2.45) is 0 Å². The minimum absolute atomic E-state index is 0.0236. The summed E-state index contributed by atoms with van der Waals surface area (Å²) >= 11 is 3.58. The van der Waals surface area contributed by atoms with Crippen molar-refractivity contribution in [2.45, 2.75) is 52.5 Å². The lowest BCUT2D eigenvalue weighted by Gasteiger charge is -2.43. The van der Waals surface area contributed by atoms with Gasteiger partial charge in [-0.3, -0.25) is 14.7 Å². The second-order valence-corrected chi connectivity index (χ2v) is 8.90. The van der Waals surface area contributed by atoms with E-state index in [4.69, 9.17) is 0 Å². The zero-order valence-corrected chi connectivity index (χ0v) is 18.7. The molecule has 1 aliphatic rings. The molecule has 156 valence electrons.